The quantitative estimate of drug-likeness (QED) is 0.846. The molecule has 1 heterocycles. The molecule has 2 aromatic carbocycles. The van der Waals surface area contributed by atoms with Crippen molar-refractivity contribution >= 4 is 33.3 Å². The average molecular weight is 328 g/mol. The van der Waals surface area contributed by atoms with Crippen LogP contribution in [0.1, 0.15) is 22.8 Å². The van der Waals surface area contributed by atoms with Crippen LogP contribution in [0, 0.1) is 0 Å². The van der Waals surface area contributed by atoms with Crippen molar-refractivity contribution in [2.45, 2.75) is 11.8 Å². The van der Waals surface area contributed by atoms with E-state index in [0.717, 1.165) is 17.8 Å². The molecule has 0 unspecified atom stereocenters. The molecule has 0 spiro atoms. The van der Waals surface area contributed by atoms with Crippen molar-refractivity contribution in [3.05, 3.63) is 59.7 Å². The topological polar surface area (TPSA) is 75.3 Å². The van der Waals surface area contributed by atoms with Gasteiger partial charge in [0.15, 0.2) is 5.78 Å². The molecular formula is C17H16N2O3S. The second-order valence-electron chi connectivity index (χ2n) is 5.27. The maximum Gasteiger partial charge on any atom is 0.261 e. The zero-order valence-corrected chi connectivity index (χ0v) is 13.4. The molecule has 0 radical (unpaired) electrons. The predicted octanol–water partition coefficient (Wildman–Crippen LogP) is 3.13. The Hall–Kier alpha value is -2.60. The van der Waals surface area contributed by atoms with E-state index in [9.17, 15) is 13.2 Å². The molecule has 0 aliphatic carbocycles. The molecule has 0 saturated carbocycles. The number of rotatable bonds is 4. The van der Waals surface area contributed by atoms with Crippen LogP contribution in [0.2, 0.25) is 0 Å². The van der Waals surface area contributed by atoms with E-state index in [-0.39, 0.29) is 10.7 Å². The Morgan fingerprint density at radius 2 is 2.00 bits per heavy atom. The van der Waals surface area contributed by atoms with E-state index in [1.165, 1.54) is 13.0 Å². The van der Waals surface area contributed by atoms with Crippen LogP contribution in [-0.2, 0) is 10.0 Å². The van der Waals surface area contributed by atoms with Crippen molar-refractivity contribution in [1.29, 1.82) is 0 Å². The number of Topliss-reactive ketones (excluding diaryl/α,β-unsaturated/α-hetero) is 1. The minimum atomic E-state index is -3.71. The number of anilines is 2. The van der Waals surface area contributed by atoms with Gasteiger partial charge in [0, 0.05) is 23.5 Å². The van der Waals surface area contributed by atoms with E-state index in [4.69, 9.17) is 0 Å². The number of hydrogen-bond acceptors (Lipinski definition) is 4. The van der Waals surface area contributed by atoms with E-state index in [1.807, 2.05) is 12.2 Å². The number of ketones is 1. The third-order valence-corrected chi connectivity index (χ3v) is 4.94. The second kappa shape index (κ2) is 5.89. The van der Waals surface area contributed by atoms with E-state index in [1.54, 1.807) is 36.4 Å². The fourth-order valence-electron chi connectivity index (χ4n) is 2.38. The van der Waals surface area contributed by atoms with Crippen molar-refractivity contribution < 1.29 is 13.2 Å². The van der Waals surface area contributed by atoms with E-state index < -0.39 is 10.0 Å². The average Bonchev–Trinajstić information content (AvgIpc) is 2.54. The summed E-state index contributed by atoms with van der Waals surface area (Å²) in [6.45, 7) is 2.17. The highest BCUT2D eigenvalue weighted by molar-refractivity contribution is 7.92. The molecule has 6 heteroatoms. The number of carbonyl (C=O) groups excluding carboxylic acids is 1. The van der Waals surface area contributed by atoms with Crippen molar-refractivity contribution in [1.82, 2.24) is 0 Å². The summed E-state index contributed by atoms with van der Waals surface area (Å²) in [4.78, 5) is 11.6. The standard InChI is InChI=1S/C17H16N2O3S/c1-12(20)13-4-2-6-15(10-13)19-23(21,22)16-7-8-17-14(11-16)5-3-9-18-17/h2-8,10-11,18-19H,9H2,1H3. The van der Waals surface area contributed by atoms with Gasteiger partial charge in [-0.3, -0.25) is 9.52 Å². The molecule has 0 amide bonds. The van der Waals surface area contributed by atoms with Crippen LogP contribution in [-0.4, -0.2) is 20.7 Å². The zero-order valence-electron chi connectivity index (χ0n) is 12.5. The van der Waals surface area contributed by atoms with Crippen LogP contribution in [0.4, 0.5) is 11.4 Å². The molecule has 0 saturated heterocycles. The molecule has 1 aliphatic rings. The minimum Gasteiger partial charge on any atom is -0.381 e. The Kier molecular flexibility index (Phi) is 3.92. The lowest BCUT2D eigenvalue weighted by molar-refractivity contribution is 0.101. The summed E-state index contributed by atoms with van der Waals surface area (Å²) in [5.74, 6) is -0.115. The van der Waals surface area contributed by atoms with Crippen LogP contribution in [0.25, 0.3) is 6.08 Å². The first-order chi connectivity index (χ1) is 11.0. The SMILES string of the molecule is CC(=O)c1cccc(NS(=O)(=O)c2ccc3c(c2)C=CCN3)c1. The monoisotopic (exact) mass is 328 g/mol. The highest BCUT2D eigenvalue weighted by Gasteiger charge is 2.17. The molecule has 0 fully saturated rings. The number of fused-ring (bicyclic) bond motifs is 1. The number of nitrogens with one attached hydrogen (secondary N) is 2. The Labute approximate surface area is 135 Å². The molecule has 3 rings (SSSR count). The first kappa shape index (κ1) is 15.3. The van der Waals surface area contributed by atoms with Crippen molar-refractivity contribution in [2.75, 3.05) is 16.6 Å². The Morgan fingerprint density at radius 1 is 1.17 bits per heavy atom. The molecule has 2 aromatic rings. The van der Waals surface area contributed by atoms with Crippen molar-refractivity contribution in [2.24, 2.45) is 0 Å². The lowest BCUT2D eigenvalue weighted by atomic mass is 10.1. The molecule has 5 nitrogen and oxygen atoms in total. The summed E-state index contributed by atoms with van der Waals surface area (Å²) >= 11 is 0. The number of carbonyl (C=O) groups is 1. The van der Waals surface area contributed by atoms with Gasteiger partial charge in [-0.1, -0.05) is 24.3 Å². The summed E-state index contributed by atoms with van der Waals surface area (Å²) in [6.07, 6.45) is 3.82. The highest BCUT2D eigenvalue weighted by Crippen LogP contribution is 2.25. The maximum atomic E-state index is 12.5. The smallest absolute Gasteiger partial charge is 0.261 e. The maximum absolute atomic E-state index is 12.5. The lowest BCUT2D eigenvalue weighted by Gasteiger charge is -2.15. The van der Waals surface area contributed by atoms with E-state index >= 15 is 0 Å². The molecule has 0 aromatic heterocycles. The predicted molar refractivity (Wildman–Crippen MR) is 91.2 cm³/mol. The number of hydrogen-bond donors (Lipinski definition) is 2. The van der Waals surface area contributed by atoms with Gasteiger partial charge in [-0.25, -0.2) is 8.42 Å². The van der Waals surface area contributed by atoms with Gasteiger partial charge >= 0.3 is 0 Å². The highest BCUT2D eigenvalue weighted by atomic mass is 32.2. The molecule has 118 valence electrons. The molecule has 0 atom stereocenters. The third-order valence-electron chi connectivity index (χ3n) is 3.56. The van der Waals surface area contributed by atoms with Gasteiger partial charge < -0.3 is 5.32 Å². The van der Waals surface area contributed by atoms with Gasteiger partial charge in [0.05, 0.1) is 4.90 Å². The second-order valence-corrected chi connectivity index (χ2v) is 6.96. The lowest BCUT2D eigenvalue weighted by Crippen LogP contribution is -2.14. The van der Waals surface area contributed by atoms with Crippen LogP contribution < -0.4 is 10.0 Å². The number of benzene rings is 2. The van der Waals surface area contributed by atoms with Gasteiger partial charge in [0.1, 0.15) is 0 Å². The summed E-state index contributed by atoms with van der Waals surface area (Å²) in [5, 5.41) is 3.17. The van der Waals surface area contributed by atoms with Crippen LogP contribution in [0.5, 0.6) is 0 Å². The summed E-state index contributed by atoms with van der Waals surface area (Å²) in [7, 11) is -3.71. The Morgan fingerprint density at radius 3 is 2.78 bits per heavy atom. The van der Waals surface area contributed by atoms with Gasteiger partial charge in [-0.2, -0.15) is 0 Å². The fraction of sp³-hybridized carbons (Fsp3) is 0.118. The zero-order chi connectivity index (χ0) is 16.4. The van der Waals surface area contributed by atoms with Gasteiger partial charge in [-0.15, -0.1) is 0 Å². The molecule has 1 aliphatic heterocycles. The number of sulfonamides is 1. The van der Waals surface area contributed by atoms with E-state index in [0.29, 0.717) is 11.3 Å². The van der Waals surface area contributed by atoms with Gasteiger partial charge in [0.2, 0.25) is 0 Å². The van der Waals surface area contributed by atoms with Crippen LogP contribution in [0.15, 0.2) is 53.4 Å². The van der Waals surface area contributed by atoms with Crippen molar-refractivity contribution in [3.63, 3.8) is 0 Å². The molecule has 2 N–H and O–H groups in total. The van der Waals surface area contributed by atoms with Crippen LogP contribution >= 0.6 is 0 Å². The fourth-order valence-corrected chi connectivity index (χ4v) is 3.46. The molecular weight excluding hydrogens is 312 g/mol. The first-order valence-corrected chi connectivity index (χ1v) is 8.62. The summed E-state index contributed by atoms with van der Waals surface area (Å²) in [6, 6.07) is 11.4. The molecule has 0 bridgehead atoms. The van der Waals surface area contributed by atoms with Gasteiger partial charge in [-0.05, 0) is 42.8 Å². The van der Waals surface area contributed by atoms with Crippen molar-refractivity contribution in [3.8, 4) is 0 Å². The van der Waals surface area contributed by atoms with E-state index in [2.05, 4.69) is 10.0 Å². The van der Waals surface area contributed by atoms with Gasteiger partial charge in [0.25, 0.3) is 10.0 Å². The Balaban J connectivity index is 1.92. The summed E-state index contributed by atoms with van der Waals surface area (Å²) < 4.78 is 27.6. The summed E-state index contributed by atoms with van der Waals surface area (Å²) in [5.41, 5.74) is 2.56. The van der Waals surface area contributed by atoms with Crippen LogP contribution in [0.3, 0.4) is 0 Å². The normalized spacial score (nSPS) is 13.1. The largest absolute Gasteiger partial charge is 0.381 e. The third kappa shape index (κ3) is 3.27. The Bertz CT molecular complexity index is 902. The first-order valence-electron chi connectivity index (χ1n) is 7.14. The molecule has 23 heavy (non-hydrogen) atoms. The minimum absolute atomic E-state index is 0.115.